The third kappa shape index (κ3) is 2.30. The van der Waals surface area contributed by atoms with Crippen LogP contribution in [0.1, 0.15) is 58.8 Å². The Balaban J connectivity index is 2.13. The normalized spacial score (nSPS) is 26.7. The van der Waals surface area contributed by atoms with E-state index in [1.165, 1.54) is 11.3 Å². The maximum absolute atomic E-state index is 12.5. The van der Waals surface area contributed by atoms with Gasteiger partial charge in [-0.15, -0.1) is 0 Å². The third-order valence-corrected chi connectivity index (χ3v) is 4.36. The topological polar surface area (TPSA) is 57.6 Å². The van der Waals surface area contributed by atoms with Crippen LogP contribution in [0.4, 0.5) is 0 Å². The van der Waals surface area contributed by atoms with Crippen LogP contribution < -0.4 is 0 Å². The molecule has 1 saturated carbocycles. The van der Waals surface area contributed by atoms with Gasteiger partial charge >= 0.3 is 0 Å². The van der Waals surface area contributed by atoms with Crippen LogP contribution in [0.15, 0.2) is 0 Å². The van der Waals surface area contributed by atoms with E-state index in [-0.39, 0.29) is 17.9 Å². The van der Waals surface area contributed by atoms with E-state index in [1.807, 2.05) is 6.92 Å². The van der Waals surface area contributed by atoms with Gasteiger partial charge in [0.25, 0.3) is 0 Å². The van der Waals surface area contributed by atoms with Crippen LogP contribution in [0, 0.1) is 5.41 Å². The predicted octanol–water partition coefficient (Wildman–Crippen LogP) is 1.86. The second kappa shape index (κ2) is 5.00. The van der Waals surface area contributed by atoms with Gasteiger partial charge in [-0.25, -0.2) is 0 Å². The molecule has 4 nitrogen and oxygen atoms in total. The lowest BCUT2D eigenvalue weighted by Crippen LogP contribution is -2.43. The highest BCUT2D eigenvalue weighted by molar-refractivity contribution is 6.06. The highest BCUT2D eigenvalue weighted by Crippen LogP contribution is 2.46. The average Bonchev–Trinajstić information content (AvgIpc) is 2.51. The second-order valence-corrected chi connectivity index (χ2v) is 6.02. The zero-order valence-corrected chi connectivity index (χ0v) is 11.3. The van der Waals surface area contributed by atoms with Gasteiger partial charge in [-0.1, -0.05) is 19.3 Å². The number of aliphatic hydroxyl groups is 1. The molecule has 18 heavy (non-hydrogen) atoms. The molecule has 1 aliphatic heterocycles. The van der Waals surface area contributed by atoms with E-state index in [4.69, 9.17) is 0 Å². The van der Waals surface area contributed by atoms with Crippen molar-refractivity contribution in [2.75, 3.05) is 0 Å². The fourth-order valence-corrected chi connectivity index (χ4v) is 3.48. The molecule has 2 unspecified atom stereocenters. The van der Waals surface area contributed by atoms with E-state index in [9.17, 15) is 14.7 Å². The molecule has 2 atom stereocenters. The van der Waals surface area contributed by atoms with Gasteiger partial charge < -0.3 is 5.11 Å². The minimum atomic E-state index is -0.483. The SMILES string of the molecule is CC(O)CC(C)N1C(=O)CC2(CCCCC2)C1=O. The summed E-state index contributed by atoms with van der Waals surface area (Å²) >= 11 is 0. The molecule has 102 valence electrons. The van der Waals surface area contributed by atoms with Crippen LogP contribution in [-0.4, -0.2) is 34.0 Å². The number of likely N-dealkylation sites (tertiary alicyclic amines) is 1. The molecule has 1 saturated heterocycles. The minimum Gasteiger partial charge on any atom is -0.393 e. The first-order valence-corrected chi connectivity index (χ1v) is 7.01. The summed E-state index contributed by atoms with van der Waals surface area (Å²) in [5, 5.41) is 9.41. The van der Waals surface area contributed by atoms with Gasteiger partial charge in [-0.3, -0.25) is 14.5 Å². The first-order valence-electron chi connectivity index (χ1n) is 7.01. The van der Waals surface area contributed by atoms with Crippen molar-refractivity contribution in [1.29, 1.82) is 0 Å². The van der Waals surface area contributed by atoms with Crippen molar-refractivity contribution in [3.8, 4) is 0 Å². The highest BCUT2D eigenvalue weighted by atomic mass is 16.3. The molecule has 1 heterocycles. The Hall–Kier alpha value is -0.900. The molecule has 1 spiro atoms. The Morgan fingerprint density at radius 2 is 1.83 bits per heavy atom. The molecule has 0 bridgehead atoms. The lowest BCUT2D eigenvalue weighted by molar-refractivity contribution is -0.145. The number of amides is 2. The Bertz CT molecular complexity index is 345. The molecular formula is C14H23NO3. The molecule has 0 aromatic carbocycles. The summed E-state index contributed by atoms with van der Waals surface area (Å²) in [6, 6.07) is -0.189. The van der Waals surface area contributed by atoms with Gasteiger partial charge in [0.2, 0.25) is 11.8 Å². The lowest BCUT2D eigenvalue weighted by atomic mass is 9.73. The number of hydrogen-bond donors (Lipinski definition) is 1. The smallest absolute Gasteiger partial charge is 0.236 e. The number of aliphatic hydroxyl groups excluding tert-OH is 1. The zero-order valence-electron chi connectivity index (χ0n) is 11.3. The van der Waals surface area contributed by atoms with Gasteiger partial charge in [0, 0.05) is 12.5 Å². The largest absolute Gasteiger partial charge is 0.393 e. The van der Waals surface area contributed by atoms with Gasteiger partial charge in [0.1, 0.15) is 0 Å². The number of rotatable bonds is 3. The van der Waals surface area contributed by atoms with Crippen molar-refractivity contribution in [3.05, 3.63) is 0 Å². The van der Waals surface area contributed by atoms with E-state index < -0.39 is 11.5 Å². The Kier molecular flexibility index (Phi) is 3.76. The summed E-state index contributed by atoms with van der Waals surface area (Å²) < 4.78 is 0. The van der Waals surface area contributed by atoms with E-state index in [0.717, 1.165) is 25.7 Å². The molecule has 2 amide bonds. The quantitative estimate of drug-likeness (QED) is 0.781. The van der Waals surface area contributed by atoms with Crippen LogP contribution >= 0.6 is 0 Å². The molecule has 1 N–H and O–H groups in total. The summed E-state index contributed by atoms with van der Waals surface area (Å²) in [6.07, 6.45) is 5.36. The molecule has 0 aromatic heterocycles. The van der Waals surface area contributed by atoms with Gasteiger partial charge in [0.05, 0.1) is 11.5 Å². The third-order valence-electron chi connectivity index (χ3n) is 4.36. The molecule has 1 aliphatic carbocycles. The molecule has 2 fully saturated rings. The summed E-state index contributed by atoms with van der Waals surface area (Å²) in [6.45, 7) is 3.54. The van der Waals surface area contributed by atoms with Crippen molar-refractivity contribution in [3.63, 3.8) is 0 Å². The highest BCUT2D eigenvalue weighted by Gasteiger charge is 2.52. The summed E-state index contributed by atoms with van der Waals surface area (Å²) in [5.41, 5.74) is -0.401. The van der Waals surface area contributed by atoms with Gasteiger partial charge in [-0.2, -0.15) is 0 Å². The number of carbonyl (C=O) groups is 2. The monoisotopic (exact) mass is 253 g/mol. The molecule has 2 rings (SSSR count). The Morgan fingerprint density at radius 3 is 2.39 bits per heavy atom. The minimum absolute atomic E-state index is 0.0142. The molecule has 0 radical (unpaired) electrons. The van der Waals surface area contributed by atoms with E-state index in [0.29, 0.717) is 12.8 Å². The van der Waals surface area contributed by atoms with Crippen molar-refractivity contribution < 1.29 is 14.7 Å². The Labute approximate surface area is 108 Å². The second-order valence-electron chi connectivity index (χ2n) is 6.02. The summed E-state index contributed by atoms with van der Waals surface area (Å²) in [4.78, 5) is 26.1. The Morgan fingerprint density at radius 1 is 1.22 bits per heavy atom. The van der Waals surface area contributed by atoms with Crippen LogP contribution in [0.25, 0.3) is 0 Å². The first kappa shape index (κ1) is 13.5. The molecule has 0 aromatic rings. The number of carbonyl (C=O) groups excluding carboxylic acids is 2. The summed E-state index contributed by atoms with van der Waals surface area (Å²) in [5.74, 6) is -0.0320. The first-order chi connectivity index (χ1) is 8.46. The molecule has 2 aliphatic rings. The number of imide groups is 1. The lowest BCUT2D eigenvalue weighted by Gasteiger charge is -2.32. The zero-order chi connectivity index (χ0) is 13.3. The van der Waals surface area contributed by atoms with Crippen LogP contribution in [0.5, 0.6) is 0 Å². The van der Waals surface area contributed by atoms with E-state index in [2.05, 4.69) is 0 Å². The molecular weight excluding hydrogens is 230 g/mol. The number of hydrogen-bond acceptors (Lipinski definition) is 3. The maximum atomic E-state index is 12.5. The predicted molar refractivity (Wildman–Crippen MR) is 67.7 cm³/mol. The van der Waals surface area contributed by atoms with Crippen molar-refractivity contribution in [2.45, 2.75) is 70.9 Å². The van der Waals surface area contributed by atoms with Gasteiger partial charge in [-0.05, 0) is 33.1 Å². The van der Waals surface area contributed by atoms with Crippen LogP contribution in [0.2, 0.25) is 0 Å². The maximum Gasteiger partial charge on any atom is 0.236 e. The summed E-state index contributed by atoms with van der Waals surface area (Å²) in [7, 11) is 0. The van der Waals surface area contributed by atoms with E-state index in [1.54, 1.807) is 6.92 Å². The van der Waals surface area contributed by atoms with Crippen molar-refractivity contribution in [1.82, 2.24) is 4.90 Å². The van der Waals surface area contributed by atoms with E-state index >= 15 is 0 Å². The fourth-order valence-electron chi connectivity index (χ4n) is 3.48. The van der Waals surface area contributed by atoms with Crippen molar-refractivity contribution >= 4 is 11.8 Å². The fraction of sp³-hybridized carbons (Fsp3) is 0.857. The van der Waals surface area contributed by atoms with Crippen molar-refractivity contribution in [2.24, 2.45) is 5.41 Å². The van der Waals surface area contributed by atoms with Crippen LogP contribution in [-0.2, 0) is 9.59 Å². The van der Waals surface area contributed by atoms with Gasteiger partial charge in [0.15, 0.2) is 0 Å². The van der Waals surface area contributed by atoms with Crippen LogP contribution in [0.3, 0.4) is 0 Å². The molecule has 4 heteroatoms. The standard InChI is InChI=1S/C14H23NO3/c1-10(8-11(2)16)15-12(17)9-14(13(15)18)6-4-3-5-7-14/h10-11,16H,3-9H2,1-2H3. The average molecular weight is 253 g/mol. The number of nitrogens with zero attached hydrogens (tertiary/aromatic N) is 1.